The summed E-state index contributed by atoms with van der Waals surface area (Å²) in [5.41, 5.74) is 2.26. The van der Waals surface area contributed by atoms with Crippen molar-refractivity contribution in [1.82, 2.24) is 5.32 Å². The van der Waals surface area contributed by atoms with Crippen LogP contribution in [0.15, 0.2) is 36.7 Å². The molecule has 0 amide bonds. The zero-order valence-corrected chi connectivity index (χ0v) is 12.8. The lowest BCUT2D eigenvalue weighted by Gasteiger charge is -2.31. The van der Waals surface area contributed by atoms with Crippen LogP contribution in [0.4, 0.5) is 14.5 Å². The summed E-state index contributed by atoms with van der Waals surface area (Å²) in [5.74, 6) is -1.28. The molecule has 0 aromatic heterocycles. The molecule has 4 heteroatoms. The van der Waals surface area contributed by atoms with Gasteiger partial charge in [-0.25, -0.2) is 8.78 Å². The molecule has 3 rings (SSSR count). The number of allylic oxidation sites excluding steroid dienone is 2. The number of nitrogens with one attached hydrogen (secondary N) is 1. The Morgan fingerprint density at radius 1 is 1.05 bits per heavy atom. The van der Waals surface area contributed by atoms with Crippen LogP contribution in [0.2, 0.25) is 0 Å². The van der Waals surface area contributed by atoms with E-state index in [1.165, 1.54) is 18.6 Å². The minimum Gasteiger partial charge on any atom is -0.371 e. The monoisotopic (exact) mass is 304 g/mol. The second kappa shape index (κ2) is 6.11. The second-order valence-electron chi connectivity index (χ2n) is 6.22. The van der Waals surface area contributed by atoms with Crippen molar-refractivity contribution < 1.29 is 8.78 Å². The van der Waals surface area contributed by atoms with Crippen molar-refractivity contribution in [3.05, 3.63) is 53.9 Å². The van der Waals surface area contributed by atoms with Gasteiger partial charge in [0.25, 0.3) is 0 Å². The van der Waals surface area contributed by atoms with E-state index in [0.717, 1.165) is 31.6 Å². The third-order valence-corrected chi connectivity index (χ3v) is 4.63. The van der Waals surface area contributed by atoms with Gasteiger partial charge in [-0.3, -0.25) is 0 Å². The third kappa shape index (κ3) is 2.87. The predicted molar refractivity (Wildman–Crippen MR) is 85.8 cm³/mol. The van der Waals surface area contributed by atoms with Gasteiger partial charge in [0.05, 0.1) is 0 Å². The molecule has 1 N–H and O–H groups in total. The number of benzene rings is 1. The van der Waals surface area contributed by atoms with Gasteiger partial charge in [0, 0.05) is 41.7 Å². The van der Waals surface area contributed by atoms with Crippen LogP contribution < -0.4 is 10.2 Å². The molecule has 2 aliphatic rings. The lowest BCUT2D eigenvalue weighted by atomic mass is 9.87. The highest BCUT2D eigenvalue weighted by molar-refractivity contribution is 5.51. The van der Waals surface area contributed by atoms with Gasteiger partial charge in [-0.1, -0.05) is 13.2 Å². The molecule has 1 aromatic carbocycles. The van der Waals surface area contributed by atoms with Crippen molar-refractivity contribution in [3.8, 4) is 0 Å². The molecular weight excluding hydrogens is 282 g/mol. The topological polar surface area (TPSA) is 15.3 Å². The molecule has 2 heterocycles. The zero-order valence-electron chi connectivity index (χ0n) is 12.8. The molecule has 0 aliphatic carbocycles. The number of nitrogens with zero attached hydrogens (tertiary/aromatic N) is 1. The summed E-state index contributed by atoms with van der Waals surface area (Å²) in [5, 5.41) is 3.03. The van der Waals surface area contributed by atoms with Crippen molar-refractivity contribution in [3.63, 3.8) is 0 Å². The van der Waals surface area contributed by atoms with Crippen LogP contribution in [0, 0.1) is 11.6 Å². The molecule has 1 unspecified atom stereocenters. The van der Waals surface area contributed by atoms with Crippen LogP contribution in [-0.4, -0.2) is 13.1 Å². The molecule has 2 saturated heterocycles. The molecule has 1 aromatic rings. The normalized spacial score (nSPS) is 22.6. The molecule has 1 atom stereocenters. The Hall–Kier alpha value is -1.84. The second-order valence-corrected chi connectivity index (χ2v) is 6.22. The van der Waals surface area contributed by atoms with E-state index >= 15 is 0 Å². The van der Waals surface area contributed by atoms with E-state index in [2.05, 4.69) is 23.4 Å². The zero-order chi connectivity index (χ0) is 15.7. The Bertz CT molecular complexity index is 580. The van der Waals surface area contributed by atoms with Crippen LogP contribution in [0.5, 0.6) is 0 Å². The van der Waals surface area contributed by atoms with Gasteiger partial charge >= 0.3 is 0 Å². The van der Waals surface area contributed by atoms with Crippen molar-refractivity contribution in [2.45, 2.75) is 38.0 Å². The summed E-state index contributed by atoms with van der Waals surface area (Å²) >= 11 is 0. The first-order chi connectivity index (χ1) is 10.6. The summed E-state index contributed by atoms with van der Waals surface area (Å²) in [6.45, 7) is 9.49. The van der Waals surface area contributed by atoms with Gasteiger partial charge in [0.15, 0.2) is 0 Å². The smallest absolute Gasteiger partial charge is 0.132 e. The van der Waals surface area contributed by atoms with E-state index in [0.29, 0.717) is 24.2 Å². The maximum Gasteiger partial charge on any atom is 0.132 e. The minimum atomic E-state index is -0.471. The van der Waals surface area contributed by atoms with Gasteiger partial charge in [0.1, 0.15) is 11.6 Å². The van der Waals surface area contributed by atoms with Crippen LogP contribution in [-0.2, 0) is 0 Å². The largest absolute Gasteiger partial charge is 0.371 e. The maximum atomic E-state index is 14.6. The minimum absolute atomic E-state index is 0.130. The number of piperidine rings is 2. The first-order valence-corrected chi connectivity index (χ1v) is 7.93. The van der Waals surface area contributed by atoms with Crippen LogP contribution in [0.3, 0.4) is 0 Å². The Labute approximate surface area is 130 Å². The molecule has 2 nitrogen and oxygen atoms in total. The van der Waals surface area contributed by atoms with Gasteiger partial charge in [-0.2, -0.15) is 0 Å². The molecule has 0 radical (unpaired) electrons. The molecule has 0 spiro atoms. The molecular formula is C18H22F2N2. The molecule has 2 fully saturated rings. The lowest BCUT2D eigenvalue weighted by molar-refractivity contribution is 0.500. The average Bonchev–Trinajstić information content (AvgIpc) is 2.49. The fraction of sp³-hybridized carbons (Fsp3) is 0.444. The van der Waals surface area contributed by atoms with E-state index in [1.54, 1.807) is 0 Å². The van der Waals surface area contributed by atoms with Crippen LogP contribution in [0.1, 0.15) is 43.6 Å². The maximum absolute atomic E-state index is 14.6. The Balaban J connectivity index is 1.89. The number of anilines is 1. The fourth-order valence-electron chi connectivity index (χ4n) is 3.43. The van der Waals surface area contributed by atoms with Crippen LogP contribution in [0.25, 0.3) is 0 Å². The van der Waals surface area contributed by atoms with E-state index in [4.69, 9.17) is 0 Å². The summed E-state index contributed by atoms with van der Waals surface area (Å²) < 4.78 is 29.1. The molecule has 0 bridgehead atoms. The number of hydrogen-bond acceptors (Lipinski definition) is 2. The van der Waals surface area contributed by atoms with Crippen molar-refractivity contribution in [1.29, 1.82) is 0 Å². The Morgan fingerprint density at radius 2 is 1.68 bits per heavy atom. The molecule has 118 valence electrons. The Morgan fingerprint density at radius 3 is 2.27 bits per heavy atom. The molecule has 2 aliphatic heterocycles. The molecule has 22 heavy (non-hydrogen) atoms. The first-order valence-electron chi connectivity index (χ1n) is 7.93. The third-order valence-electron chi connectivity index (χ3n) is 4.63. The van der Waals surface area contributed by atoms with Crippen LogP contribution >= 0.6 is 0 Å². The highest BCUT2D eigenvalue weighted by Gasteiger charge is 2.27. The number of rotatable bonds is 2. The summed E-state index contributed by atoms with van der Waals surface area (Å²) in [4.78, 5) is 2.06. The quantitative estimate of drug-likeness (QED) is 0.868. The van der Waals surface area contributed by atoms with Gasteiger partial charge in [-0.15, -0.1) is 0 Å². The van der Waals surface area contributed by atoms with Gasteiger partial charge in [0.2, 0.25) is 0 Å². The molecule has 0 saturated carbocycles. The van der Waals surface area contributed by atoms with Crippen molar-refractivity contribution in [2.75, 3.05) is 18.0 Å². The average molecular weight is 304 g/mol. The lowest BCUT2D eigenvalue weighted by Crippen LogP contribution is -2.30. The SMILES string of the molecule is C=C1CCC(c2c(F)cc(N3CCCCC3)cc2F)C(=C)N1. The highest BCUT2D eigenvalue weighted by Crippen LogP contribution is 2.37. The van der Waals surface area contributed by atoms with Gasteiger partial charge in [-0.05, 0) is 44.2 Å². The Kier molecular flexibility index (Phi) is 4.19. The predicted octanol–water partition coefficient (Wildman–Crippen LogP) is 4.45. The standard InChI is InChI=1S/C18H22F2N2/c1-12-6-7-15(13(2)21-12)18-16(19)10-14(11-17(18)20)22-8-4-3-5-9-22/h10-11,15,21H,1-9H2. The summed E-state index contributed by atoms with van der Waals surface area (Å²) in [6.07, 6.45) is 4.70. The number of hydrogen-bond donors (Lipinski definition) is 1. The van der Waals surface area contributed by atoms with E-state index < -0.39 is 11.6 Å². The summed E-state index contributed by atoms with van der Waals surface area (Å²) in [7, 11) is 0. The van der Waals surface area contributed by atoms with Gasteiger partial charge < -0.3 is 10.2 Å². The first kappa shape index (κ1) is 15.1. The van der Waals surface area contributed by atoms with E-state index in [9.17, 15) is 8.78 Å². The highest BCUT2D eigenvalue weighted by atomic mass is 19.1. The summed E-state index contributed by atoms with van der Waals surface area (Å²) in [6, 6.07) is 2.95. The van der Waals surface area contributed by atoms with E-state index in [-0.39, 0.29) is 11.5 Å². The fourth-order valence-corrected chi connectivity index (χ4v) is 3.43. The van der Waals surface area contributed by atoms with Crippen molar-refractivity contribution >= 4 is 5.69 Å². The van der Waals surface area contributed by atoms with E-state index in [1.807, 2.05) is 0 Å². The number of halogens is 2. The van der Waals surface area contributed by atoms with Crippen molar-refractivity contribution in [2.24, 2.45) is 0 Å².